The molecule has 0 saturated heterocycles. The second-order valence-corrected chi connectivity index (χ2v) is 4.30. The van der Waals surface area contributed by atoms with Gasteiger partial charge in [-0.3, -0.25) is 0 Å². The van der Waals surface area contributed by atoms with Crippen LogP contribution in [-0.4, -0.2) is 17.8 Å². The molecule has 2 N–H and O–H groups in total. The summed E-state index contributed by atoms with van der Waals surface area (Å²) in [5.74, 6) is 0. The van der Waals surface area contributed by atoms with Gasteiger partial charge in [-0.1, -0.05) is 23.7 Å². The largest absolute Gasteiger partial charge is 0.393 e. The highest BCUT2D eigenvalue weighted by molar-refractivity contribution is 6.30. The summed E-state index contributed by atoms with van der Waals surface area (Å²) >= 11 is 5.91. The summed E-state index contributed by atoms with van der Waals surface area (Å²) in [7, 11) is 0. The van der Waals surface area contributed by atoms with Crippen LogP contribution in [0.4, 0.5) is 0 Å². The van der Waals surface area contributed by atoms with Gasteiger partial charge in [0.25, 0.3) is 0 Å². The fourth-order valence-electron chi connectivity index (χ4n) is 1.40. The fraction of sp³-hybridized carbons (Fsp3) is 0.500. The molecule has 2 atom stereocenters. The monoisotopic (exact) mass is 227 g/mol. The normalized spacial score (nSPS) is 14.9. The summed E-state index contributed by atoms with van der Waals surface area (Å²) in [6.07, 6.45) is 0.523. The van der Waals surface area contributed by atoms with E-state index >= 15 is 0 Å². The molecular weight excluding hydrogens is 210 g/mol. The van der Waals surface area contributed by atoms with Gasteiger partial charge >= 0.3 is 0 Å². The Bertz CT molecular complexity index is 301. The number of hydrogen-bond donors (Lipinski definition) is 2. The van der Waals surface area contributed by atoms with E-state index in [1.165, 1.54) is 5.56 Å². The third-order valence-corrected chi connectivity index (χ3v) is 2.60. The molecule has 0 amide bonds. The van der Waals surface area contributed by atoms with Gasteiger partial charge in [-0.05, 0) is 44.5 Å². The second kappa shape index (κ2) is 6.11. The van der Waals surface area contributed by atoms with Crippen molar-refractivity contribution >= 4 is 11.6 Å². The van der Waals surface area contributed by atoms with Crippen LogP contribution in [0, 0.1) is 0 Å². The zero-order valence-electron chi connectivity index (χ0n) is 9.20. The molecule has 0 unspecified atom stereocenters. The Morgan fingerprint density at radius 3 is 2.73 bits per heavy atom. The molecule has 0 heterocycles. The molecule has 1 aromatic carbocycles. The number of rotatable bonds is 5. The summed E-state index contributed by atoms with van der Waals surface area (Å²) in [5.41, 5.74) is 1.17. The van der Waals surface area contributed by atoms with Gasteiger partial charge < -0.3 is 10.4 Å². The number of aliphatic hydroxyl groups excluding tert-OH is 1. The number of benzene rings is 1. The maximum Gasteiger partial charge on any atom is 0.0524 e. The molecule has 0 fully saturated rings. The van der Waals surface area contributed by atoms with E-state index in [0.29, 0.717) is 0 Å². The second-order valence-electron chi connectivity index (χ2n) is 3.87. The standard InChI is InChI=1S/C12H18ClNO/c1-9(15)6-7-14-10(2)11-4-3-5-12(13)8-11/h3-5,8-10,14-15H,6-7H2,1-2H3/t9-,10+/m1/s1. The predicted molar refractivity (Wildman–Crippen MR) is 64.2 cm³/mol. The predicted octanol–water partition coefficient (Wildman–Crippen LogP) is 2.76. The minimum absolute atomic E-state index is 0.246. The van der Waals surface area contributed by atoms with Crippen molar-refractivity contribution in [1.29, 1.82) is 0 Å². The van der Waals surface area contributed by atoms with Crippen LogP contribution in [0.1, 0.15) is 31.9 Å². The molecule has 0 aromatic heterocycles. The lowest BCUT2D eigenvalue weighted by atomic mass is 10.1. The molecule has 1 aromatic rings. The van der Waals surface area contributed by atoms with Gasteiger partial charge in [0.15, 0.2) is 0 Å². The first-order chi connectivity index (χ1) is 7.09. The zero-order valence-corrected chi connectivity index (χ0v) is 9.96. The first-order valence-corrected chi connectivity index (χ1v) is 5.64. The molecule has 0 aliphatic rings. The smallest absolute Gasteiger partial charge is 0.0524 e. The summed E-state index contributed by atoms with van der Waals surface area (Å²) in [5, 5.41) is 13.2. The van der Waals surface area contributed by atoms with Crippen molar-refractivity contribution in [1.82, 2.24) is 5.32 Å². The Balaban J connectivity index is 2.43. The zero-order chi connectivity index (χ0) is 11.3. The highest BCUT2D eigenvalue weighted by Crippen LogP contribution is 2.17. The lowest BCUT2D eigenvalue weighted by Gasteiger charge is -2.15. The third-order valence-electron chi connectivity index (χ3n) is 2.36. The SMILES string of the molecule is C[C@H](NCC[C@@H](C)O)c1cccc(Cl)c1. The fourth-order valence-corrected chi connectivity index (χ4v) is 1.60. The Kier molecular flexibility index (Phi) is 5.09. The average molecular weight is 228 g/mol. The third kappa shape index (κ3) is 4.65. The lowest BCUT2D eigenvalue weighted by Crippen LogP contribution is -2.22. The van der Waals surface area contributed by atoms with Crippen LogP contribution in [0.5, 0.6) is 0 Å². The van der Waals surface area contributed by atoms with Gasteiger partial charge in [-0.2, -0.15) is 0 Å². The van der Waals surface area contributed by atoms with E-state index in [2.05, 4.69) is 12.2 Å². The lowest BCUT2D eigenvalue weighted by molar-refractivity contribution is 0.182. The summed E-state index contributed by atoms with van der Waals surface area (Å²) in [6.45, 7) is 4.70. The van der Waals surface area contributed by atoms with E-state index in [-0.39, 0.29) is 12.1 Å². The quantitative estimate of drug-likeness (QED) is 0.811. The van der Waals surface area contributed by atoms with E-state index in [1.807, 2.05) is 24.3 Å². The Labute approximate surface area is 96.3 Å². The highest BCUT2D eigenvalue weighted by atomic mass is 35.5. The number of halogens is 1. The first-order valence-electron chi connectivity index (χ1n) is 5.26. The van der Waals surface area contributed by atoms with Gasteiger partial charge in [-0.25, -0.2) is 0 Å². The van der Waals surface area contributed by atoms with Crippen molar-refractivity contribution in [3.05, 3.63) is 34.9 Å². The molecular formula is C12H18ClNO. The van der Waals surface area contributed by atoms with Gasteiger partial charge in [0.1, 0.15) is 0 Å². The van der Waals surface area contributed by atoms with Gasteiger partial charge in [0.05, 0.1) is 6.10 Å². The van der Waals surface area contributed by atoms with Crippen LogP contribution >= 0.6 is 11.6 Å². The molecule has 0 spiro atoms. The van der Waals surface area contributed by atoms with Crippen LogP contribution in [0.15, 0.2) is 24.3 Å². The van der Waals surface area contributed by atoms with Crippen molar-refractivity contribution < 1.29 is 5.11 Å². The van der Waals surface area contributed by atoms with Crippen molar-refractivity contribution in [3.8, 4) is 0 Å². The molecule has 2 nitrogen and oxygen atoms in total. The van der Waals surface area contributed by atoms with Crippen molar-refractivity contribution in [2.75, 3.05) is 6.54 Å². The summed E-state index contributed by atoms with van der Waals surface area (Å²) in [4.78, 5) is 0. The first kappa shape index (κ1) is 12.5. The average Bonchev–Trinajstić information content (AvgIpc) is 2.17. The van der Waals surface area contributed by atoms with Crippen molar-refractivity contribution in [2.45, 2.75) is 32.4 Å². The van der Waals surface area contributed by atoms with Crippen LogP contribution in [0.3, 0.4) is 0 Å². The van der Waals surface area contributed by atoms with Crippen LogP contribution in [-0.2, 0) is 0 Å². The maximum absolute atomic E-state index is 9.12. The Morgan fingerprint density at radius 2 is 2.13 bits per heavy atom. The van der Waals surface area contributed by atoms with Crippen molar-refractivity contribution in [2.24, 2.45) is 0 Å². The minimum atomic E-state index is -0.246. The molecule has 3 heteroatoms. The molecule has 0 aliphatic carbocycles. The van der Waals surface area contributed by atoms with Crippen LogP contribution < -0.4 is 5.32 Å². The number of aliphatic hydroxyl groups is 1. The van der Waals surface area contributed by atoms with Gasteiger partial charge in [0.2, 0.25) is 0 Å². The van der Waals surface area contributed by atoms with E-state index in [0.717, 1.165) is 18.0 Å². The van der Waals surface area contributed by atoms with E-state index in [1.54, 1.807) is 6.92 Å². The highest BCUT2D eigenvalue weighted by Gasteiger charge is 2.05. The molecule has 0 aliphatic heterocycles. The minimum Gasteiger partial charge on any atom is -0.393 e. The summed E-state index contributed by atoms with van der Waals surface area (Å²) < 4.78 is 0. The number of hydrogen-bond acceptors (Lipinski definition) is 2. The van der Waals surface area contributed by atoms with Gasteiger partial charge in [0, 0.05) is 11.1 Å². The summed E-state index contributed by atoms with van der Waals surface area (Å²) in [6, 6.07) is 8.09. The van der Waals surface area contributed by atoms with Crippen molar-refractivity contribution in [3.63, 3.8) is 0 Å². The molecule has 0 radical (unpaired) electrons. The topological polar surface area (TPSA) is 32.3 Å². The van der Waals surface area contributed by atoms with Crippen LogP contribution in [0.25, 0.3) is 0 Å². The molecule has 0 bridgehead atoms. The van der Waals surface area contributed by atoms with E-state index < -0.39 is 0 Å². The number of nitrogens with one attached hydrogen (secondary N) is 1. The van der Waals surface area contributed by atoms with E-state index in [9.17, 15) is 0 Å². The Hall–Kier alpha value is -0.570. The van der Waals surface area contributed by atoms with E-state index in [4.69, 9.17) is 16.7 Å². The van der Waals surface area contributed by atoms with Gasteiger partial charge in [-0.15, -0.1) is 0 Å². The molecule has 1 rings (SSSR count). The van der Waals surface area contributed by atoms with Crippen LogP contribution in [0.2, 0.25) is 5.02 Å². The Morgan fingerprint density at radius 1 is 1.40 bits per heavy atom. The molecule has 15 heavy (non-hydrogen) atoms. The molecule has 84 valence electrons. The molecule has 0 saturated carbocycles. The maximum atomic E-state index is 9.12.